The number of halogens is 4. The fraction of sp³-hybridized carbons (Fsp3) is 0.0769. The van der Waals surface area contributed by atoms with Crippen LogP contribution in [-0.2, 0) is 16.0 Å². The molecule has 0 unspecified atom stereocenters. The van der Waals surface area contributed by atoms with Gasteiger partial charge in [0.05, 0.1) is 11.1 Å². The van der Waals surface area contributed by atoms with Crippen molar-refractivity contribution in [2.24, 2.45) is 0 Å². The lowest BCUT2D eigenvalue weighted by atomic mass is 10.2. The van der Waals surface area contributed by atoms with Gasteiger partial charge in [0.25, 0.3) is 9.84 Å². The summed E-state index contributed by atoms with van der Waals surface area (Å²) in [6.07, 6.45) is 0.539. The molecule has 0 aliphatic heterocycles. The van der Waals surface area contributed by atoms with Crippen molar-refractivity contribution in [1.82, 2.24) is 0 Å². The van der Waals surface area contributed by atoms with Crippen LogP contribution in [0.4, 0.5) is 13.2 Å². The Hall–Kier alpha value is -2.47. The van der Waals surface area contributed by atoms with E-state index in [1.54, 1.807) is 0 Å². The van der Waals surface area contributed by atoms with E-state index in [9.17, 15) is 21.6 Å². The molecule has 0 bridgehead atoms. The molecule has 4 aromatic rings. The molecule has 0 amide bonds. The number of benzene rings is 4. The molecule has 176 valence electrons. The van der Waals surface area contributed by atoms with E-state index in [2.05, 4.69) is 36.4 Å². The van der Waals surface area contributed by atoms with Crippen molar-refractivity contribution < 1.29 is 38.6 Å². The van der Waals surface area contributed by atoms with Crippen LogP contribution >= 0.6 is 7.26 Å². The maximum Gasteiger partial charge on any atom is 0.501 e. The van der Waals surface area contributed by atoms with Crippen molar-refractivity contribution in [2.75, 3.05) is 0 Å². The minimum absolute atomic E-state index is 0. The molecule has 0 aliphatic rings. The molecule has 0 aromatic heterocycles. The van der Waals surface area contributed by atoms with Gasteiger partial charge in [0.2, 0.25) is 0 Å². The quantitative estimate of drug-likeness (QED) is 0.337. The van der Waals surface area contributed by atoms with Crippen molar-refractivity contribution >= 4 is 33.0 Å². The SMILES string of the molecule is O=S(=O)(c1ccc(C[P+](c2ccccc2)(c2ccccc2)c2ccccc2)cc1)C(F)(F)F.[Br-]. The van der Waals surface area contributed by atoms with E-state index >= 15 is 0 Å². The largest absolute Gasteiger partial charge is 1.00 e. The van der Waals surface area contributed by atoms with E-state index in [0.29, 0.717) is 6.16 Å². The maximum absolute atomic E-state index is 13.0. The van der Waals surface area contributed by atoms with Gasteiger partial charge < -0.3 is 17.0 Å². The number of rotatable bonds is 6. The topological polar surface area (TPSA) is 34.1 Å². The molecule has 0 fully saturated rings. The van der Waals surface area contributed by atoms with Crippen LogP contribution < -0.4 is 32.9 Å². The minimum atomic E-state index is -5.38. The molecular weight excluding hydrogens is 544 g/mol. The highest BCUT2D eigenvalue weighted by Gasteiger charge is 2.48. The van der Waals surface area contributed by atoms with E-state index in [4.69, 9.17) is 0 Å². The number of alkyl halides is 3. The van der Waals surface area contributed by atoms with Gasteiger partial charge in [-0.05, 0) is 54.1 Å². The van der Waals surface area contributed by atoms with Crippen LogP contribution in [0.15, 0.2) is 120 Å². The first-order chi connectivity index (χ1) is 15.7. The molecule has 0 heterocycles. The van der Waals surface area contributed by atoms with Crippen LogP contribution in [0.1, 0.15) is 5.56 Å². The Morgan fingerprint density at radius 1 is 0.588 bits per heavy atom. The van der Waals surface area contributed by atoms with Crippen LogP contribution in [0.25, 0.3) is 0 Å². The Balaban J connectivity index is 0.00000324. The lowest BCUT2D eigenvalue weighted by Gasteiger charge is -2.28. The van der Waals surface area contributed by atoms with Gasteiger partial charge >= 0.3 is 5.51 Å². The van der Waals surface area contributed by atoms with Crippen LogP contribution in [0.2, 0.25) is 0 Å². The molecule has 34 heavy (non-hydrogen) atoms. The normalized spacial score (nSPS) is 12.1. The summed E-state index contributed by atoms with van der Waals surface area (Å²) < 4.78 is 62.5. The molecular formula is C26H21BrF3O2PS. The average Bonchev–Trinajstić information content (AvgIpc) is 2.84. The van der Waals surface area contributed by atoms with Gasteiger partial charge in [0.1, 0.15) is 23.2 Å². The monoisotopic (exact) mass is 564 g/mol. The van der Waals surface area contributed by atoms with Crippen molar-refractivity contribution in [3.63, 3.8) is 0 Å². The summed E-state index contributed by atoms with van der Waals surface area (Å²) in [6, 6.07) is 35.3. The lowest BCUT2D eigenvalue weighted by Crippen LogP contribution is -3.00. The first-order valence-electron chi connectivity index (χ1n) is 10.2. The zero-order chi connectivity index (χ0) is 23.5. The molecule has 0 spiro atoms. The second kappa shape index (κ2) is 10.4. The highest BCUT2D eigenvalue weighted by atomic mass is 79.9. The van der Waals surface area contributed by atoms with E-state index in [-0.39, 0.29) is 17.0 Å². The average molecular weight is 565 g/mol. The van der Waals surface area contributed by atoms with Crippen molar-refractivity contribution in [2.45, 2.75) is 16.6 Å². The second-order valence-corrected chi connectivity index (χ2v) is 13.0. The fourth-order valence-corrected chi connectivity index (χ4v) is 8.96. The van der Waals surface area contributed by atoms with Crippen molar-refractivity contribution in [3.8, 4) is 0 Å². The number of hydrogen-bond donors (Lipinski definition) is 0. The van der Waals surface area contributed by atoms with E-state index in [1.165, 1.54) is 12.1 Å². The Morgan fingerprint density at radius 2 is 0.941 bits per heavy atom. The Kier molecular flexibility index (Phi) is 8.02. The molecule has 0 atom stereocenters. The zero-order valence-electron chi connectivity index (χ0n) is 17.9. The van der Waals surface area contributed by atoms with Gasteiger partial charge in [-0.25, -0.2) is 8.42 Å². The first-order valence-corrected chi connectivity index (χ1v) is 13.7. The highest BCUT2D eigenvalue weighted by Crippen LogP contribution is 2.58. The summed E-state index contributed by atoms with van der Waals surface area (Å²) >= 11 is 0. The molecule has 4 rings (SSSR count). The van der Waals surface area contributed by atoms with E-state index in [0.717, 1.165) is 33.6 Å². The smallest absolute Gasteiger partial charge is 0.501 e. The third kappa shape index (κ3) is 4.97. The highest BCUT2D eigenvalue weighted by molar-refractivity contribution is 7.95. The van der Waals surface area contributed by atoms with Crippen LogP contribution in [0.5, 0.6) is 0 Å². The lowest BCUT2D eigenvalue weighted by molar-refractivity contribution is -0.0436. The Morgan fingerprint density at radius 3 is 1.26 bits per heavy atom. The van der Waals surface area contributed by atoms with Gasteiger partial charge in [0, 0.05) is 0 Å². The van der Waals surface area contributed by atoms with Crippen molar-refractivity contribution in [1.29, 1.82) is 0 Å². The number of hydrogen-bond acceptors (Lipinski definition) is 2. The summed E-state index contributed by atoms with van der Waals surface area (Å²) in [5.74, 6) is 0. The summed E-state index contributed by atoms with van der Waals surface area (Å²) in [7, 11) is -7.62. The molecule has 0 radical (unpaired) electrons. The van der Waals surface area contributed by atoms with Crippen LogP contribution in [0, 0.1) is 0 Å². The fourth-order valence-electron chi connectivity index (χ4n) is 3.95. The predicted octanol–water partition coefficient (Wildman–Crippen LogP) is 2.48. The first kappa shape index (κ1) is 26.1. The Bertz CT molecular complexity index is 1220. The van der Waals surface area contributed by atoms with Crippen LogP contribution in [0.3, 0.4) is 0 Å². The molecule has 0 saturated carbocycles. The molecule has 8 heteroatoms. The van der Waals surface area contributed by atoms with Crippen molar-refractivity contribution in [3.05, 3.63) is 121 Å². The third-order valence-electron chi connectivity index (χ3n) is 5.55. The maximum atomic E-state index is 13.0. The molecule has 0 saturated heterocycles. The zero-order valence-corrected chi connectivity index (χ0v) is 21.2. The molecule has 4 aromatic carbocycles. The van der Waals surface area contributed by atoms with E-state index < -0.39 is 27.5 Å². The van der Waals surface area contributed by atoms with Gasteiger partial charge in [-0.3, -0.25) is 0 Å². The Labute approximate surface area is 208 Å². The number of sulfone groups is 1. The van der Waals surface area contributed by atoms with Gasteiger partial charge in [-0.1, -0.05) is 66.7 Å². The molecule has 2 nitrogen and oxygen atoms in total. The summed E-state index contributed by atoms with van der Waals surface area (Å²) in [5.41, 5.74) is -4.57. The molecule has 0 aliphatic carbocycles. The van der Waals surface area contributed by atoms with Crippen LogP contribution in [-0.4, -0.2) is 13.9 Å². The summed E-state index contributed by atoms with van der Waals surface area (Å²) in [4.78, 5) is -0.748. The van der Waals surface area contributed by atoms with Gasteiger partial charge in [0.15, 0.2) is 0 Å². The minimum Gasteiger partial charge on any atom is -1.00 e. The predicted molar refractivity (Wildman–Crippen MR) is 129 cm³/mol. The third-order valence-corrected chi connectivity index (χ3v) is 11.4. The van der Waals surface area contributed by atoms with Gasteiger partial charge in [-0.2, -0.15) is 13.2 Å². The molecule has 0 N–H and O–H groups in total. The van der Waals surface area contributed by atoms with E-state index in [1.807, 2.05) is 54.6 Å². The second-order valence-electron chi connectivity index (χ2n) is 7.57. The standard InChI is InChI=1S/C26H21F3O2PS.BrH/c27-26(28,29)33(30,31)25-18-16-21(17-19-25)20-32(22-10-4-1-5-11-22,23-12-6-2-7-13-23)24-14-8-3-9-15-24;/h1-19H,20H2;1H/q+1;/p-1. The summed E-state index contributed by atoms with van der Waals surface area (Å²) in [6.45, 7) is 0. The van der Waals surface area contributed by atoms with Gasteiger partial charge in [-0.15, -0.1) is 0 Å². The summed E-state index contributed by atoms with van der Waals surface area (Å²) in [5, 5.41) is 3.40.